The molecule has 12 heteroatoms. The fourth-order valence-corrected chi connectivity index (χ4v) is 4.98. The van der Waals surface area contributed by atoms with Gasteiger partial charge in [-0.1, -0.05) is 0 Å². The lowest BCUT2D eigenvalue weighted by Gasteiger charge is -2.44. The van der Waals surface area contributed by atoms with E-state index in [1.54, 1.807) is 17.2 Å². The Hall–Kier alpha value is -3.77. The molecule has 3 aromatic heterocycles. The smallest absolute Gasteiger partial charge is 0.265 e. The lowest BCUT2D eigenvalue weighted by molar-refractivity contribution is -0.0529. The minimum atomic E-state index is -2.99. The predicted molar refractivity (Wildman–Crippen MR) is 133 cm³/mol. The van der Waals surface area contributed by atoms with Crippen LogP contribution >= 0.6 is 0 Å². The standard InChI is InChI=1S/C26H26F4N6O2/c1-38-23-9-17(27)16(8-18(23)28)20-7-15(12-35-6-3-19-22(35)10-32-14-34-19)21(11-33-20)36-5-2-4-26(31,13-36)24(37)25(29)30/h3,6-11,14,24-25,37H,2,4-5,12-13,31H2,1H3/t24-,26-/m1/s1. The maximum atomic E-state index is 14.9. The Balaban J connectivity index is 1.59. The third-order valence-electron chi connectivity index (χ3n) is 6.99. The summed E-state index contributed by atoms with van der Waals surface area (Å²) in [5.41, 5.74) is 7.56. The van der Waals surface area contributed by atoms with Crippen LogP contribution in [0.1, 0.15) is 18.4 Å². The van der Waals surface area contributed by atoms with Crippen molar-refractivity contribution in [3.05, 3.63) is 66.4 Å². The molecule has 2 atom stereocenters. The maximum absolute atomic E-state index is 14.9. The second-order valence-electron chi connectivity index (χ2n) is 9.44. The Morgan fingerprint density at radius 2 is 1.97 bits per heavy atom. The number of aliphatic hydroxyl groups excluding tert-OH is 1. The van der Waals surface area contributed by atoms with Gasteiger partial charge >= 0.3 is 0 Å². The summed E-state index contributed by atoms with van der Waals surface area (Å²) < 4.78 is 62.9. The molecule has 3 N–H and O–H groups in total. The summed E-state index contributed by atoms with van der Waals surface area (Å²) in [6.07, 6.45) is 2.13. The van der Waals surface area contributed by atoms with E-state index < -0.39 is 29.7 Å². The first-order chi connectivity index (χ1) is 18.2. The van der Waals surface area contributed by atoms with Crippen LogP contribution in [0.3, 0.4) is 0 Å². The zero-order valence-electron chi connectivity index (χ0n) is 20.5. The highest BCUT2D eigenvalue weighted by molar-refractivity contribution is 5.75. The molecule has 1 aliphatic heterocycles. The van der Waals surface area contributed by atoms with Gasteiger partial charge in [-0.15, -0.1) is 0 Å². The number of ether oxygens (including phenoxy) is 1. The summed E-state index contributed by atoms with van der Waals surface area (Å²) in [6.45, 7) is 0.727. The first-order valence-corrected chi connectivity index (χ1v) is 12.0. The molecule has 8 nitrogen and oxygen atoms in total. The van der Waals surface area contributed by atoms with Crippen molar-refractivity contribution in [2.45, 2.75) is 37.5 Å². The number of halogens is 4. The number of benzene rings is 1. The van der Waals surface area contributed by atoms with Gasteiger partial charge in [0.15, 0.2) is 11.6 Å². The number of aliphatic hydroxyl groups is 1. The van der Waals surface area contributed by atoms with Crippen molar-refractivity contribution in [1.29, 1.82) is 0 Å². The summed E-state index contributed by atoms with van der Waals surface area (Å²) in [7, 11) is 1.24. The number of piperidine rings is 1. The summed E-state index contributed by atoms with van der Waals surface area (Å²) >= 11 is 0. The van der Waals surface area contributed by atoms with Crippen LogP contribution in [0.4, 0.5) is 23.2 Å². The maximum Gasteiger partial charge on any atom is 0.265 e. The van der Waals surface area contributed by atoms with E-state index in [1.807, 2.05) is 16.8 Å². The third kappa shape index (κ3) is 4.76. The average Bonchev–Trinajstić information content (AvgIpc) is 3.32. The van der Waals surface area contributed by atoms with Crippen LogP contribution in [0, 0.1) is 11.6 Å². The fourth-order valence-electron chi connectivity index (χ4n) is 4.98. The normalized spacial score (nSPS) is 18.8. The molecule has 0 bridgehead atoms. The van der Waals surface area contributed by atoms with Crippen LogP contribution in [-0.4, -0.2) is 62.9 Å². The number of rotatable bonds is 7. The van der Waals surface area contributed by atoms with Gasteiger partial charge in [0.1, 0.15) is 18.2 Å². The van der Waals surface area contributed by atoms with Crippen molar-refractivity contribution in [3.8, 4) is 17.0 Å². The molecule has 4 heterocycles. The Bertz CT molecular complexity index is 1470. The quantitative estimate of drug-likeness (QED) is 0.351. The van der Waals surface area contributed by atoms with Crippen LogP contribution in [0.5, 0.6) is 5.75 Å². The number of hydrogen-bond acceptors (Lipinski definition) is 7. The number of hydrogen-bond donors (Lipinski definition) is 2. The van der Waals surface area contributed by atoms with E-state index in [1.165, 1.54) is 19.6 Å². The molecular formula is C26H26F4N6O2. The summed E-state index contributed by atoms with van der Waals surface area (Å²) in [5.74, 6) is -1.69. The second kappa shape index (κ2) is 10.2. The molecule has 1 aromatic carbocycles. The zero-order chi connectivity index (χ0) is 27.0. The number of aromatic nitrogens is 4. The fraction of sp³-hybridized carbons (Fsp3) is 0.346. The topological polar surface area (TPSA) is 102 Å². The van der Waals surface area contributed by atoms with Crippen LogP contribution in [-0.2, 0) is 6.54 Å². The summed E-state index contributed by atoms with van der Waals surface area (Å²) in [6, 6.07) is 5.42. The molecule has 0 aliphatic carbocycles. The summed E-state index contributed by atoms with van der Waals surface area (Å²) in [4.78, 5) is 14.5. The molecule has 0 radical (unpaired) electrons. The Labute approximate surface area is 215 Å². The van der Waals surface area contributed by atoms with Gasteiger partial charge in [-0.2, -0.15) is 0 Å². The van der Waals surface area contributed by atoms with Gasteiger partial charge in [0.05, 0.1) is 47.5 Å². The third-order valence-corrected chi connectivity index (χ3v) is 6.99. The Morgan fingerprint density at radius 3 is 2.74 bits per heavy atom. The minimum Gasteiger partial charge on any atom is -0.494 e. The monoisotopic (exact) mass is 530 g/mol. The number of alkyl halides is 2. The lowest BCUT2D eigenvalue weighted by atomic mass is 9.84. The molecule has 1 aliphatic rings. The number of pyridine rings is 1. The SMILES string of the molecule is COc1cc(F)c(-c2cc(Cn3ccc4ncncc43)c(N3CCC[C@](N)([C@H](O)C(F)F)C3)cn2)cc1F. The molecule has 0 unspecified atom stereocenters. The molecule has 0 amide bonds. The van der Waals surface area contributed by atoms with Crippen LogP contribution in [0.25, 0.3) is 22.3 Å². The van der Waals surface area contributed by atoms with Gasteiger partial charge in [-0.05, 0) is 36.6 Å². The Morgan fingerprint density at radius 1 is 1.16 bits per heavy atom. The second-order valence-corrected chi connectivity index (χ2v) is 9.44. The van der Waals surface area contributed by atoms with Crippen LogP contribution < -0.4 is 15.4 Å². The van der Waals surface area contributed by atoms with Gasteiger partial charge in [-0.3, -0.25) is 4.98 Å². The Kier molecular flexibility index (Phi) is 6.93. The number of fused-ring (bicyclic) bond motifs is 1. The van der Waals surface area contributed by atoms with E-state index in [-0.39, 0.29) is 36.5 Å². The highest BCUT2D eigenvalue weighted by Crippen LogP contribution is 2.34. The molecule has 200 valence electrons. The van der Waals surface area contributed by atoms with Crippen molar-refractivity contribution in [2.24, 2.45) is 5.73 Å². The van der Waals surface area contributed by atoms with Crippen molar-refractivity contribution >= 4 is 16.7 Å². The van der Waals surface area contributed by atoms with Gasteiger partial charge < -0.3 is 25.0 Å². The largest absolute Gasteiger partial charge is 0.494 e. The van der Waals surface area contributed by atoms with Gasteiger partial charge in [0.25, 0.3) is 6.43 Å². The van der Waals surface area contributed by atoms with Gasteiger partial charge in [0, 0.05) is 37.5 Å². The molecular weight excluding hydrogens is 504 g/mol. The number of methoxy groups -OCH3 is 1. The average molecular weight is 531 g/mol. The molecule has 4 aromatic rings. The van der Waals surface area contributed by atoms with Crippen molar-refractivity contribution in [3.63, 3.8) is 0 Å². The van der Waals surface area contributed by atoms with E-state index in [9.17, 15) is 22.7 Å². The van der Waals surface area contributed by atoms with E-state index in [4.69, 9.17) is 10.5 Å². The first-order valence-electron chi connectivity index (χ1n) is 12.0. The van der Waals surface area contributed by atoms with Crippen molar-refractivity contribution in [2.75, 3.05) is 25.1 Å². The highest BCUT2D eigenvalue weighted by atomic mass is 19.3. The first kappa shape index (κ1) is 25.9. The van der Waals surface area contributed by atoms with Crippen LogP contribution in [0.2, 0.25) is 0 Å². The zero-order valence-corrected chi connectivity index (χ0v) is 20.5. The molecule has 0 saturated carbocycles. The highest BCUT2D eigenvalue weighted by Gasteiger charge is 2.43. The van der Waals surface area contributed by atoms with Gasteiger partial charge in [0.2, 0.25) is 0 Å². The molecule has 0 spiro atoms. The number of nitrogens with zero attached hydrogens (tertiary/aromatic N) is 5. The minimum absolute atomic E-state index is 0.0341. The van der Waals surface area contributed by atoms with Gasteiger partial charge in [-0.25, -0.2) is 27.5 Å². The van der Waals surface area contributed by atoms with E-state index in [0.29, 0.717) is 24.2 Å². The molecule has 1 fully saturated rings. The molecule has 38 heavy (non-hydrogen) atoms. The predicted octanol–water partition coefficient (Wildman–Crippen LogP) is 3.75. The number of anilines is 1. The van der Waals surface area contributed by atoms with Crippen molar-refractivity contribution in [1.82, 2.24) is 19.5 Å². The van der Waals surface area contributed by atoms with Crippen molar-refractivity contribution < 1.29 is 27.4 Å². The van der Waals surface area contributed by atoms with E-state index in [0.717, 1.165) is 23.2 Å². The van der Waals surface area contributed by atoms with E-state index >= 15 is 0 Å². The summed E-state index contributed by atoms with van der Waals surface area (Å²) in [5, 5.41) is 10.1. The lowest BCUT2D eigenvalue weighted by Crippen LogP contribution is -2.63. The number of nitrogens with two attached hydrogens (primary N) is 1. The molecule has 1 saturated heterocycles. The van der Waals surface area contributed by atoms with Crippen LogP contribution in [0.15, 0.2) is 49.2 Å². The molecule has 5 rings (SSSR count). The van der Waals surface area contributed by atoms with E-state index in [2.05, 4.69) is 15.0 Å².